The summed E-state index contributed by atoms with van der Waals surface area (Å²) in [6, 6.07) is 19.7. The van der Waals surface area contributed by atoms with Gasteiger partial charge in [-0.1, -0.05) is 53.5 Å². The van der Waals surface area contributed by atoms with Crippen LogP contribution in [0.4, 0.5) is 5.82 Å². The molecule has 1 amide bonds. The van der Waals surface area contributed by atoms with E-state index in [-0.39, 0.29) is 11.1 Å². The van der Waals surface area contributed by atoms with E-state index in [0.29, 0.717) is 39.8 Å². The molecule has 3 N–H and O–H groups in total. The number of halogens is 2. The highest BCUT2D eigenvalue weighted by Crippen LogP contribution is 2.28. The molecule has 0 fully saturated rings. The van der Waals surface area contributed by atoms with E-state index in [1.54, 1.807) is 48.7 Å². The summed E-state index contributed by atoms with van der Waals surface area (Å²) in [4.78, 5) is 17.3. The van der Waals surface area contributed by atoms with Gasteiger partial charge < -0.3 is 11.1 Å². The SMILES string of the molecule is Nc1ccc(-c2cc(C(Cc3ccccc3)NC(=O)/C=C/c3cc(Cl)ccc3-n3cnnn3)c(Cl)nn2)cn1. The quantitative estimate of drug-likeness (QED) is 0.265. The molecular formula is C27H21Cl2N9O. The molecule has 0 aliphatic heterocycles. The molecule has 12 heteroatoms. The molecule has 0 aliphatic carbocycles. The van der Waals surface area contributed by atoms with E-state index >= 15 is 0 Å². The predicted molar refractivity (Wildman–Crippen MR) is 149 cm³/mol. The van der Waals surface area contributed by atoms with E-state index in [1.165, 1.54) is 17.1 Å². The highest BCUT2D eigenvalue weighted by molar-refractivity contribution is 6.31. The molecule has 194 valence electrons. The fourth-order valence-corrected chi connectivity index (χ4v) is 4.35. The first-order valence-electron chi connectivity index (χ1n) is 11.8. The molecule has 1 atom stereocenters. The normalized spacial score (nSPS) is 11.9. The van der Waals surface area contributed by atoms with E-state index < -0.39 is 6.04 Å². The first-order chi connectivity index (χ1) is 19.0. The monoisotopic (exact) mass is 557 g/mol. The van der Waals surface area contributed by atoms with Crippen LogP contribution >= 0.6 is 23.2 Å². The van der Waals surface area contributed by atoms with E-state index in [0.717, 1.165) is 11.1 Å². The Balaban J connectivity index is 1.45. The number of aromatic nitrogens is 7. The number of benzene rings is 2. The molecule has 0 aliphatic rings. The summed E-state index contributed by atoms with van der Waals surface area (Å²) in [5.74, 6) is 0.0481. The number of nitrogen functional groups attached to an aromatic ring is 1. The average Bonchev–Trinajstić information content (AvgIpc) is 3.48. The van der Waals surface area contributed by atoms with Gasteiger partial charge in [0, 0.05) is 34.0 Å². The molecule has 0 saturated heterocycles. The summed E-state index contributed by atoms with van der Waals surface area (Å²) in [6.45, 7) is 0. The van der Waals surface area contributed by atoms with Crippen molar-refractivity contribution in [3.05, 3.63) is 112 Å². The second-order valence-corrected chi connectivity index (χ2v) is 9.28. The number of carbonyl (C=O) groups excluding carboxylic acids is 1. The van der Waals surface area contributed by atoms with Gasteiger partial charge >= 0.3 is 0 Å². The van der Waals surface area contributed by atoms with Crippen LogP contribution in [0.5, 0.6) is 0 Å². The number of nitrogens with two attached hydrogens (primary N) is 1. The lowest BCUT2D eigenvalue weighted by Crippen LogP contribution is -2.29. The Bertz CT molecular complexity index is 1610. The van der Waals surface area contributed by atoms with Crippen LogP contribution in [0.25, 0.3) is 23.0 Å². The van der Waals surface area contributed by atoms with Crippen molar-refractivity contribution in [1.82, 2.24) is 40.7 Å². The van der Waals surface area contributed by atoms with Crippen molar-refractivity contribution in [2.24, 2.45) is 0 Å². The number of carbonyl (C=O) groups is 1. The highest BCUT2D eigenvalue weighted by Gasteiger charge is 2.20. The average molecular weight is 558 g/mol. The van der Waals surface area contributed by atoms with Crippen molar-refractivity contribution >= 4 is 41.0 Å². The third kappa shape index (κ3) is 6.43. The number of hydrogen-bond acceptors (Lipinski definition) is 8. The number of anilines is 1. The van der Waals surface area contributed by atoms with Gasteiger partial charge in [0.15, 0.2) is 5.15 Å². The summed E-state index contributed by atoms with van der Waals surface area (Å²) in [5.41, 5.74) is 9.93. The zero-order valence-corrected chi connectivity index (χ0v) is 21.8. The summed E-state index contributed by atoms with van der Waals surface area (Å²) in [6.07, 6.45) is 6.61. The number of tetrazole rings is 1. The Kier molecular flexibility index (Phi) is 7.86. The first-order valence-corrected chi connectivity index (χ1v) is 12.5. The minimum atomic E-state index is -0.508. The summed E-state index contributed by atoms with van der Waals surface area (Å²) in [5, 5.41) is 23.4. The predicted octanol–water partition coefficient (Wildman–Crippen LogP) is 4.52. The van der Waals surface area contributed by atoms with Crippen molar-refractivity contribution in [2.45, 2.75) is 12.5 Å². The lowest BCUT2D eigenvalue weighted by Gasteiger charge is -2.20. The van der Waals surface area contributed by atoms with Gasteiger partial charge in [-0.25, -0.2) is 4.98 Å². The van der Waals surface area contributed by atoms with Crippen LogP contribution in [0.1, 0.15) is 22.7 Å². The van der Waals surface area contributed by atoms with Crippen LogP contribution in [0.2, 0.25) is 10.2 Å². The molecule has 1 unspecified atom stereocenters. The van der Waals surface area contributed by atoms with E-state index in [4.69, 9.17) is 28.9 Å². The lowest BCUT2D eigenvalue weighted by atomic mass is 9.99. The molecule has 0 bridgehead atoms. The molecule has 5 rings (SSSR count). The van der Waals surface area contributed by atoms with Crippen LogP contribution in [-0.2, 0) is 11.2 Å². The third-order valence-electron chi connectivity index (χ3n) is 5.83. The lowest BCUT2D eigenvalue weighted by molar-refractivity contribution is -0.117. The Hall–Kier alpha value is -4.67. The van der Waals surface area contributed by atoms with Gasteiger partial charge in [0.2, 0.25) is 5.91 Å². The van der Waals surface area contributed by atoms with Crippen LogP contribution in [0.3, 0.4) is 0 Å². The molecular weight excluding hydrogens is 537 g/mol. The van der Waals surface area contributed by atoms with Crippen molar-refractivity contribution in [1.29, 1.82) is 0 Å². The molecule has 0 saturated carbocycles. The molecule has 3 heterocycles. The number of nitrogens with one attached hydrogen (secondary N) is 1. The Morgan fingerprint density at radius 3 is 2.64 bits per heavy atom. The van der Waals surface area contributed by atoms with Crippen molar-refractivity contribution in [3.63, 3.8) is 0 Å². The Labute approximate surface area is 233 Å². The van der Waals surface area contributed by atoms with Gasteiger partial charge in [0.1, 0.15) is 12.1 Å². The maximum absolute atomic E-state index is 13.2. The third-order valence-corrected chi connectivity index (χ3v) is 6.36. The van der Waals surface area contributed by atoms with Crippen LogP contribution < -0.4 is 11.1 Å². The van der Waals surface area contributed by atoms with E-state index in [2.05, 4.69) is 36.0 Å². The molecule has 10 nitrogen and oxygen atoms in total. The fraction of sp³-hybridized carbons (Fsp3) is 0.0741. The molecule has 0 radical (unpaired) electrons. The standard InChI is InChI=1S/C27H21Cl2N9O/c28-20-8-9-24(38-16-32-36-37-38)18(13-20)7-11-26(39)33-23(12-17-4-2-1-3-5-17)21-14-22(34-35-27(21)29)19-6-10-25(30)31-15-19/h1-11,13-16,23H,12H2,(H2,30,31)(H,33,39)/b11-7+. The van der Waals surface area contributed by atoms with E-state index in [9.17, 15) is 4.79 Å². The number of amides is 1. The molecule has 39 heavy (non-hydrogen) atoms. The Morgan fingerprint density at radius 1 is 1.05 bits per heavy atom. The van der Waals surface area contributed by atoms with E-state index in [1.807, 2.05) is 30.3 Å². The van der Waals surface area contributed by atoms with Gasteiger partial charge in [-0.15, -0.1) is 15.3 Å². The van der Waals surface area contributed by atoms with Crippen LogP contribution in [-0.4, -0.2) is 41.3 Å². The molecule has 0 spiro atoms. The second kappa shape index (κ2) is 11.8. The molecule has 5 aromatic rings. The van der Waals surface area contributed by atoms with Gasteiger partial charge in [-0.2, -0.15) is 4.68 Å². The van der Waals surface area contributed by atoms with Gasteiger partial charge in [0.25, 0.3) is 0 Å². The zero-order valence-electron chi connectivity index (χ0n) is 20.3. The van der Waals surface area contributed by atoms with Crippen LogP contribution in [0.15, 0.2) is 85.3 Å². The minimum absolute atomic E-state index is 0.183. The van der Waals surface area contributed by atoms with Gasteiger partial charge in [-0.3, -0.25) is 4.79 Å². The van der Waals surface area contributed by atoms with Crippen LogP contribution in [0, 0.1) is 0 Å². The maximum atomic E-state index is 13.2. The first kappa shape index (κ1) is 26.0. The van der Waals surface area contributed by atoms with Crippen molar-refractivity contribution in [3.8, 4) is 16.9 Å². The number of rotatable bonds is 8. The number of nitrogens with zero attached hydrogens (tertiary/aromatic N) is 7. The molecule has 2 aromatic carbocycles. The zero-order chi connectivity index (χ0) is 27.2. The summed E-state index contributed by atoms with van der Waals surface area (Å²) >= 11 is 12.7. The Morgan fingerprint density at radius 2 is 1.90 bits per heavy atom. The topological polar surface area (TPSA) is 137 Å². The molecule has 3 aromatic heterocycles. The summed E-state index contributed by atoms with van der Waals surface area (Å²) < 4.78 is 1.49. The van der Waals surface area contributed by atoms with Crippen molar-refractivity contribution < 1.29 is 4.79 Å². The van der Waals surface area contributed by atoms with Crippen molar-refractivity contribution in [2.75, 3.05) is 5.73 Å². The maximum Gasteiger partial charge on any atom is 0.244 e. The van der Waals surface area contributed by atoms with Gasteiger partial charge in [-0.05, 0) is 64.9 Å². The minimum Gasteiger partial charge on any atom is -0.384 e. The second-order valence-electron chi connectivity index (χ2n) is 8.49. The summed E-state index contributed by atoms with van der Waals surface area (Å²) in [7, 11) is 0. The number of pyridine rings is 1. The highest BCUT2D eigenvalue weighted by atomic mass is 35.5. The fourth-order valence-electron chi connectivity index (χ4n) is 3.95. The largest absolute Gasteiger partial charge is 0.384 e. The number of hydrogen-bond donors (Lipinski definition) is 2. The smallest absolute Gasteiger partial charge is 0.244 e. The van der Waals surface area contributed by atoms with Gasteiger partial charge in [0.05, 0.1) is 17.4 Å².